The minimum atomic E-state index is -1.12. The first kappa shape index (κ1) is 14.2. The maximum atomic E-state index is 11.5. The molecule has 17 heavy (non-hydrogen) atoms. The second kappa shape index (κ2) is 6.74. The summed E-state index contributed by atoms with van der Waals surface area (Å²) in [5.41, 5.74) is -1.12. The number of nitrogens with zero attached hydrogens (tertiary/aromatic N) is 1. The van der Waals surface area contributed by atoms with Crippen molar-refractivity contribution in [1.82, 2.24) is 10.2 Å². The van der Waals surface area contributed by atoms with E-state index in [4.69, 9.17) is 4.74 Å². The number of carbonyl (C=O) groups excluding carboxylic acids is 1. The summed E-state index contributed by atoms with van der Waals surface area (Å²) < 4.78 is 5.23. The standard InChI is InChI=1S/C12H22N2O3/c1-3-12(2,16)10-11(15)13-4-5-14-6-8-17-9-7-14/h3,16H,1,4-10H2,2H3,(H,13,15). The monoisotopic (exact) mass is 242 g/mol. The number of carbonyl (C=O) groups is 1. The number of rotatable bonds is 6. The normalized spacial score (nSPS) is 20.6. The van der Waals surface area contributed by atoms with Crippen LogP contribution in [0.5, 0.6) is 0 Å². The minimum Gasteiger partial charge on any atom is -0.386 e. The van der Waals surface area contributed by atoms with Gasteiger partial charge in [-0.1, -0.05) is 6.08 Å². The lowest BCUT2D eigenvalue weighted by molar-refractivity contribution is -0.124. The van der Waals surface area contributed by atoms with Crippen LogP contribution in [0.2, 0.25) is 0 Å². The highest BCUT2D eigenvalue weighted by molar-refractivity contribution is 5.77. The van der Waals surface area contributed by atoms with Crippen LogP contribution in [-0.2, 0) is 9.53 Å². The molecule has 1 aliphatic rings. The zero-order valence-electron chi connectivity index (χ0n) is 10.4. The number of aliphatic hydroxyl groups is 1. The van der Waals surface area contributed by atoms with Crippen molar-refractivity contribution in [3.05, 3.63) is 12.7 Å². The SMILES string of the molecule is C=CC(C)(O)CC(=O)NCCN1CCOCC1. The van der Waals surface area contributed by atoms with Crippen molar-refractivity contribution < 1.29 is 14.6 Å². The third kappa shape index (κ3) is 5.81. The Morgan fingerprint density at radius 2 is 2.24 bits per heavy atom. The van der Waals surface area contributed by atoms with Crippen LogP contribution in [0, 0.1) is 0 Å². The number of hydrogen-bond donors (Lipinski definition) is 2. The van der Waals surface area contributed by atoms with Crippen LogP contribution in [-0.4, -0.2) is 60.9 Å². The maximum Gasteiger partial charge on any atom is 0.223 e. The van der Waals surface area contributed by atoms with E-state index in [-0.39, 0.29) is 12.3 Å². The van der Waals surface area contributed by atoms with E-state index in [9.17, 15) is 9.90 Å². The van der Waals surface area contributed by atoms with Crippen molar-refractivity contribution >= 4 is 5.91 Å². The molecule has 1 unspecified atom stereocenters. The first-order valence-electron chi connectivity index (χ1n) is 5.96. The zero-order valence-corrected chi connectivity index (χ0v) is 10.4. The summed E-state index contributed by atoms with van der Waals surface area (Å²) in [7, 11) is 0. The summed E-state index contributed by atoms with van der Waals surface area (Å²) in [6.45, 7) is 9.85. The highest BCUT2D eigenvalue weighted by atomic mass is 16.5. The lowest BCUT2D eigenvalue weighted by Crippen LogP contribution is -2.42. The summed E-state index contributed by atoms with van der Waals surface area (Å²) >= 11 is 0. The fourth-order valence-electron chi connectivity index (χ4n) is 1.64. The molecule has 0 bridgehead atoms. The number of amides is 1. The number of nitrogens with one attached hydrogen (secondary N) is 1. The molecular formula is C12H22N2O3. The number of morpholine rings is 1. The van der Waals surface area contributed by atoms with Crippen LogP contribution < -0.4 is 5.32 Å². The van der Waals surface area contributed by atoms with Gasteiger partial charge in [0.05, 0.1) is 25.2 Å². The van der Waals surface area contributed by atoms with Gasteiger partial charge < -0.3 is 15.2 Å². The highest BCUT2D eigenvalue weighted by Crippen LogP contribution is 2.09. The molecule has 0 saturated carbocycles. The molecule has 0 spiro atoms. The van der Waals surface area contributed by atoms with Crippen LogP contribution in [0.25, 0.3) is 0 Å². The van der Waals surface area contributed by atoms with Gasteiger partial charge in [-0.2, -0.15) is 0 Å². The van der Waals surface area contributed by atoms with Crippen LogP contribution in [0.1, 0.15) is 13.3 Å². The molecular weight excluding hydrogens is 220 g/mol. The first-order valence-corrected chi connectivity index (χ1v) is 5.96. The van der Waals surface area contributed by atoms with Gasteiger partial charge in [-0.25, -0.2) is 0 Å². The van der Waals surface area contributed by atoms with E-state index in [1.165, 1.54) is 6.08 Å². The Labute approximate surface area is 102 Å². The van der Waals surface area contributed by atoms with E-state index in [1.54, 1.807) is 6.92 Å². The van der Waals surface area contributed by atoms with E-state index < -0.39 is 5.60 Å². The Morgan fingerprint density at radius 1 is 1.59 bits per heavy atom. The molecule has 1 fully saturated rings. The number of ether oxygens (including phenoxy) is 1. The second-order valence-electron chi connectivity index (χ2n) is 4.54. The summed E-state index contributed by atoms with van der Waals surface area (Å²) in [5, 5.41) is 12.4. The zero-order chi connectivity index (χ0) is 12.7. The van der Waals surface area contributed by atoms with Crippen molar-refractivity contribution in [2.75, 3.05) is 39.4 Å². The van der Waals surface area contributed by atoms with Gasteiger partial charge in [-0.15, -0.1) is 6.58 Å². The quantitative estimate of drug-likeness (QED) is 0.631. The molecule has 1 amide bonds. The molecule has 0 aromatic heterocycles. The largest absolute Gasteiger partial charge is 0.386 e. The molecule has 0 aromatic carbocycles. The van der Waals surface area contributed by atoms with Crippen LogP contribution >= 0.6 is 0 Å². The average molecular weight is 242 g/mol. The van der Waals surface area contributed by atoms with Crippen molar-refractivity contribution in [3.8, 4) is 0 Å². The fraction of sp³-hybridized carbons (Fsp3) is 0.750. The predicted octanol–water partition coefficient (Wildman–Crippen LogP) is -0.238. The summed E-state index contributed by atoms with van der Waals surface area (Å²) in [4.78, 5) is 13.7. The molecule has 1 atom stereocenters. The lowest BCUT2D eigenvalue weighted by atomic mass is 10.0. The van der Waals surface area contributed by atoms with Crippen molar-refractivity contribution in [2.45, 2.75) is 18.9 Å². The minimum absolute atomic E-state index is 0.0552. The molecule has 5 heteroatoms. The van der Waals surface area contributed by atoms with Gasteiger partial charge in [0, 0.05) is 26.2 Å². The van der Waals surface area contributed by atoms with Gasteiger partial charge in [-0.3, -0.25) is 9.69 Å². The summed E-state index contributed by atoms with van der Waals surface area (Å²) in [6, 6.07) is 0. The van der Waals surface area contributed by atoms with E-state index in [1.807, 2.05) is 0 Å². The Kier molecular flexibility index (Phi) is 5.61. The first-order chi connectivity index (χ1) is 8.03. The van der Waals surface area contributed by atoms with Crippen molar-refractivity contribution in [1.29, 1.82) is 0 Å². The summed E-state index contributed by atoms with van der Waals surface area (Å²) in [5.74, 6) is -0.150. The molecule has 0 aromatic rings. The Bertz CT molecular complexity index is 260. The van der Waals surface area contributed by atoms with Gasteiger partial charge in [-0.05, 0) is 6.92 Å². The Balaban J connectivity index is 2.13. The van der Waals surface area contributed by atoms with Crippen LogP contribution in [0.15, 0.2) is 12.7 Å². The topological polar surface area (TPSA) is 61.8 Å². The van der Waals surface area contributed by atoms with Gasteiger partial charge in [0.1, 0.15) is 0 Å². The van der Waals surface area contributed by atoms with Crippen LogP contribution in [0.4, 0.5) is 0 Å². The Morgan fingerprint density at radius 3 is 2.82 bits per heavy atom. The Hall–Kier alpha value is -0.910. The van der Waals surface area contributed by atoms with Crippen molar-refractivity contribution in [2.24, 2.45) is 0 Å². The van der Waals surface area contributed by atoms with Crippen LogP contribution in [0.3, 0.4) is 0 Å². The molecule has 5 nitrogen and oxygen atoms in total. The molecule has 1 saturated heterocycles. The molecule has 0 radical (unpaired) electrons. The van der Waals surface area contributed by atoms with E-state index >= 15 is 0 Å². The van der Waals surface area contributed by atoms with Gasteiger partial charge in [0.15, 0.2) is 0 Å². The lowest BCUT2D eigenvalue weighted by Gasteiger charge is -2.26. The molecule has 1 heterocycles. The van der Waals surface area contributed by atoms with Gasteiger partial charge in [0.2, 0.25) is 5.91 Å². The fourth-order valence-corrected chi connectivity index (χ4v) is 1.64. The number of hydrogen-bond acceptors (Lipinski definition) is 4. The van der Waals surface area contributed by atoms with E-state index in [2.05, 4.69) is 16.8 Å². The van der Waals surface area contributed by atoms with E-state index in [0.29, 0.717) is 6.54 Å². The van der Waals surface area contributed by atoms with Gasteiger partial charge >= 0.3 is 0 Å². The smallest absolute Gasteiger partial charge is 0.223 e. The third-order valence-corrected chi connectivity index (χ3v) is 2.81. The second-order valence-corrected chi connectivity index (χ2v) is 4.54. The average Bonchev–Trinajstić information content (AvgIpc) is 2.30. The van der Waals surface area contributed by atoms with Crippen molar-refractivity contribution in [3.63, 3.8) is 0 Å². The van der Waals surface area contributed by atoms with Gasteiger partial charge in [0.25, 0.3) is 0 Å². The maximum absolute atomic E-state index is 11.5. The highest BCUT2D eigenvalue weighted by Gasteiger charge is 2.20. The molecule has 2 N–H and O–H groups in total. The third-order valence-electron chi connectivity index (χ3n) is 2.81. The molecule has 0 aliphatic carbocycles. The molecule has 1 aliphatic heterocycles. The van der Waals surface area contributed by atoms with E-state index in [0.717, 1.165) is 32.8 Å². The molecule has 1 rings (SSSR count). The summed E-state index contributed by atoms with van der Waals surface area (Å²) in [6.07, 6.45) is 1.44. The molecule has 98 valence electrons. The predicted molar refractivity (Wildman–Crippen MR) is 65.7 cm³/mol.